The van der Waals surface area contributed by atoms with Gasteiger partial charge in [0.15, 0.2) is 6.29 Å². The highest BCUT2D eigenvalue weighted by Crippen LogP contribution is 2.13. The molecule has 1 atom stereocenters. The Morgan fingerprint density at radius 2 is 2.14 bits per heavy atom. The standard InChI is InChI=1S/C11H22O3/c1-10(2)9-12-7-8-14-11-5-3-4-6-13-11/h10-11H,3-9H2,1-2H3. The number of hydrogen-bond donors (Lipinski definition) is 0. The van der Waals surface area contributed by atoms with E-state index in [4.69, 9.17) is 14.2 Å². The second-order valence-electron chi connectivity index (χ2n) is 4.14. The van der Waals surface area contributed by atoms with Crippen LogP contribution in [0.1, 0.15) is 33.1 Å². The molecule has 1 aliphatic heterocycles. The first-order valence-corrected chi connectivity index (χ1v) is 5.60. The molecule has 0 bridgehead atoms. The Morgan fingerprint density at radius 1 is 1.29 bits per heavy atom. The maximum atomic E-state index is 5.52. The molecular formula is C11H22O3. The van der Waals surface area contributed by atoms with Crippen molar-refractivity contribution in [1.82, 2.24) is 0 Å². The maximum Gasteiger partial charge on any atom is 0.157 e. The van der Waals surface area contributed by atoms with Gasteiger partial charge in [-0.05, 0) is 25.2 Å². The molecule has 0 N–H and O–H groups in total. The van der Waals surface area contributed by atoms with Crippen LogP contribution in [0, 0.1) is 5.92 Å². The molecule has 0 radical (unpaired) electrons. The maximum absolute atomic E-state index is 5.52. The summed E-state index contributed by atoms with van der Waals surface area (Å²) in [6, 6.07) is 0. The van der Waals surface area contributed by atoms with E-state index in [1.165, 1.54) is 12.8 Å². The van der Waals surface area contributed by atoms with E-state index in [0.29, 0.717) is 19.1 Å². The van der Waals surface area contributed by atoms with Gasteiger partial charge in [-0.3, -0.25) is 0 Å². The smallest absolute Gasteiger partial charge is 0.157 e. The fourth-order valence-electron chi connectivity index (χ4n) is 1.40. The SMILES string of the molecule is CC(C)COCCOC1CCCCO1. The first kappa shape index (κ1) is 12.0. The van der Waals surface area contributed by atoms with Gasteiger partial charge < -0.3 is 14.2 Å². The van der Waals surface area contributed by atoms with Crippen LogP contribution in [-0.2, 0) is 14.2 Å². The van der Waals surface area contributed by atoms with E-state index in [9.17, 15) is 0 Å². The lowest BCUT2D eigenvalue weighted by molar-refractivity contribution is -0.169. The van der Waals surface area contributed by atoms with Gasteiger partial charge in [-0.15, -0.1) is 0 Å². The molecule has 14 heavy (non-hydrogen) atoms. The first-order chi connectivity index (χ1) is 6.79. The molecule has 1 fully saturated rings. The quantitative estimate of drug-likeness (QED) is 0.618. The van der Waals surface area contributed by atoms with Crippen LogP contribution < -0.4 is 0 Å². The monoisotopic (exact) mass is 202 g/mol. The van der Waals surface area contributed by atoms with Crippen LogP contribution in [-0.4, -0.2) is 32.7 Å². The van der Waals surface area contributed by atoms with Crippen LogP contribution in [0.4, 0.5) is 0 Å². The lowest BCUT2D eigenvalue weighted by atomic mass is 10.2. The summed E-state index contributed by atoms with van der Waals surface area (Å²) in [4.78, 5) is 0. The molecule has 1 aliphatic rings. The predicted molar refractivity (Wildman–Crippen MR) is 55.2 cm³/mol. The van der Waals surface area contributed by atoms with Crippen molar-refractivity contribution < 1.29 is 14.2 Å². The van der Waals surface area contributed by atoms with E-state index in [0.717, 1.165) is 19.6 Å². The third-order valence-corrected chi connectivity index (χ3v) is 2.12. The van der Waals surface area contributed by atoms with Gasteiger partial charge in [0.25, 0.3) is 0 Å². The van der Waals surface area contributed by atoms with Crippen molar-refractivity contribution in [3.8, 4) is 0 Å². The third kappa shape index (κ3) is 5.58. The molecule has 3 nitrogen and oxygen atoms in total. The van der Waals surface area contributed by atoms with Gasteiger partial charge in [-0.25, -0.2) is 0 Å². The predicted octanol–water partition coefficient (Wildman–Crippen LogP) is 2.20. The van der Waals surface area contributed by atoms with Crippen LogP contribution >= 0.6 is 0 Å². The summed E-state index contributed by atoms with van der Waals surface area (Å²) >= 11 is 0. The Kier molecular flexibility index (Phi) is 6.15. The van der Waals surface area contributed by atoms with Gasteiger partial charge in [-0.2, -0.15) is 0 Å². The summed E-state index contributed by atoms with van der Waals surface area (Å²) in [6.07, 6.45) is 3.44. The summed E-state index contributed by atoms with van der Waals surface area (Å²) in [7, 11) is 0. The van der Waals surface area contributed by atoms with Crippen molar-refractivity contribution in [2.24, 2.45) is 5.92 Å². The van der Waals surface area contributed by atoms with E-state index in [2.05, 4.69) is 13.8 Å². The number of rotatable bonds is 6. The third-order valence-electron chi connectivity index (χ3n) is 2.12. The molecule has 1 saturated heterocycles. The summed E-state index contributed by atoms with van der Waals surface area (Å²) in [5.74, 6) is 0.598. The molecule has 1 unspecified atom stereocenters. The Bertz CT molecular complexity index is 130. The highest BCUT2D eigenvalue weighted by molar-refractivity contribution is 4.53. The van der Waals surface area contributed by atoms with Gasteiger partial charge in [-0.1, -0.05) is 13.8 Å². The Labute approximate surface area is 86.7 Å². The van der Waals surface area contributed by atoms with Crippen molar-refractivity contribution in [2.75, 3.05) is 26.4 Å². The molecule has 0 spiro atoms. The average molecular weight is 202 g/mol. The van der Waals surface area contributed by atoms with Crippen molar-refractivity contribution >= 4 is 0 Å². The van der Waals surface area contributed by atoms with Gasteiger partial charge in [0.05, 0.1) is 13.2 Å². The van der Waals surface area contributed by atoms with E-state index < -0.39 is 0 Å². The molecule has 0 saturated carbocycles. The fourth-order valence-corrected chi connectivity index (χ4v) is 1.40. The molecule has 3 heteroatoms. The van der Waals surface area contributed by atoms with Gasteiger partial charge >= 0.3 is 0 Å². The molecule has 0 aromatic heterocycles. The molecule has 0 aliphatic carbocycles. The molecule has 0 aromatic rings. The summed E-state index contributed by atoms with van der Waals surface area (Å²) < 4.78 is 16.4. The Morgan fingerprint density at radius 3 is 2.79 bits per heavy atom. The lowest BCUT2D eigenvalue weighted by Gasteiger charge is -2.22. The zero-order valence-electron chi connectivity index (χ0n) is 9.33. The van der Waals surface area contributed by atoms with Crippen LogP contribution in [0.3, 0.4) is 0 Å². The average Bonchev–Trinajstić information content (AvgIpc) is 2.18. The Hall–Kier alpha value is -0.120. The van der Waals surface area contributed by atoms with Crippen LogP contribution in [0.5, 0.6) is 0 Å². The zero-order valence-corrected chi connectivity index (χ0v) is 9.33. The van der Waals surface area contributed by atoms with Crippen molar-refractivity contribution in [3.63, 3.8) is 0 Å². The summed E-state index contributed by atoms with van der Waals surface area (Å²) in [5.41, 5.74) is 0. The minimum atomic E-state index is 0.0198. The zero-order chi connectivity index (χ0) is 10.2. The van der Waals surface area contributed by atoms with Crippen LogP contribution in [0.2, 0.25) is 0 Å². The van der Waals surface area contributed by atoms with E-state index >= 15 is 0 Å². The molecule has 84 valence electrons. The van der Waals surface area contributed by atoms with Crippen molar-refractivity contribution in [2.45, 2.75) is 39.4 Å². The summed E-state index contributed by atoms with van der Waals surface area (Å²) in [6.45, 7) is 7.28. The topological polar surface area (TPSA) is 27.7 Å². The largest absolute Gasteiger partial charge is 0.379 e. The minimum absolute atomic E-state index is 0.0198. The van der Waals surface area contributed by atoms with Crippen molar-refractivity contribution in [1.29, 1.82) is 0 Å². The molecule has 0 amide bonds. The Balaban J connectivity index is 1.87. The first-order valence-electron chi connectivity index (χ1n) is 5.60. The highest BCUT2D eigenvalue weighted by Gasteiger charge is 2.13. The highest BCUT2D eigenvalue weighted by atomic mass is 16.7. The van der Waals surface area contributed by atoms with Crippen molar-refractivity contribution in [3.05, 3.63) is 0 Å². The molecular weight excluding hydrogens is 180 g/mol. The molecule has 1 heterocycles. The fraction of sp³-hybridized carbons (Fsp3) is 1.00. The van der Waals surface area contributed by atoms with Gasteiger partial charge in [0.2, 0.25) is 0 Å². The van der Waals surface area contributed by atoms with E-state index in [1.807, 2.05) is 0 Å². The minimum Gasteiger partial charge on any atom is -0.379 e. The normalized spacial score (nSPS) is 22.9. The van der Waals surface area contributed by atoms with Gasteiger partial charge in [0.1, 0.15) is 0 Å². The number of hydrogen-bond acceptors (Lipinski definition) is 3. The van der Waals surface area contributed by atoms with Crippen LogP contribution in [0.15, 0.2) is 0 Å². The number of ether oxygens (including phenoxy) is 3. The van der Waals surface area contributed by atoms with E-state index in [-0.39, 0.29) is 6.29 Å². The van der Waals surface area contributed by atoms with Gasteiger partial charge in [0, 0.05) is 13.2 Å². The second kappa shape index (κ2) is 7.21. The molecule has 0 aromatic carbocycles. The second-order valence-corrected chi connectivity index (χ2v) is 4.14. The lowest BCUT2D eigenvalue weighted by Crippen LogP contribution is -2.24. The van der Waals surface area contributed by atoms with Crippen LogP contribution in [0.25, 0.3) is 0 Å². The molecule has 1 rings (SSSR count). The van der Waals surface area contributed by atoms with E-state index in [1.54, 1.807) is 0 Å². The summed E-state index contributed by atoms with van der Waals surface area (Å²) in [5, 5.41) is 0.